The number of rotatable bonds is 7. The summed E-state index contributed by atoms with van der Waals surface area (Å²) in [6.45, 7) is 2.54. The maximum Gasteiger partial charge on any atom is 0.313 e. The number of carbonyl (C=O) groups is 2. The van der Waals surface area contributed by atoms with Gasteiger partial charge in [0.05, 0.1) is 13.0 Å². The highest BCUT2D eigenvalue weighted by molar-refractivity contribution is 9.10. The van der Waals surface area contributed by atoms with Gasteiger partial charge in [0.15, 0.2) is 11.5 Å². The van der Waals surface area contributed by atoms with E-state index in [1.54, 1.807) is 48.5 Å². The molecular weight excluding hydrogens is 374 g/mol. The van der Waals surface area contributed by atoms with Crippen LogP contribution in [0.2, 0.25) is 0 Å². The van der Waals surface area contributed by atoms with Gasteiger partial charge in [0.2, 0.25) is 0 Å². The zero-order chi connectivity index (χ0) is 17.4. The molecule has 5 nitrogen and oxygen atoms in total. The summed E-state index contributed by atoms with van der Waals surface area (Å²) in [6, 6.07) is 14.0. The van der Waals surface area contributed by atoms with E-state index in [1.165, 1.54) is 0 Å². The van der Waals surface area contributed by atoms with Crippen LogP contribution in [0.1, 0.15) is 23.7 Å². The molecule has 0 aliphatic rings. The molecule has 0 saturated carbocycles. The first-order valence-electron chi connectivity index (χ1n) is 7.56. The molecule has 0 unspecified atom stereocenters. The Hall–Kier alpha value is -2.34. The lowest BCUT2D eigenvalue weighted by atomic mass is 10.2. The minimum atomic E-state index is -0.432. The van der Waals surface area contributed by atoms with Gasteiger partial charge in [-0.3, -0.25) is 9.59 Å². The predicted molar refractivity (Wildman–Crippen MR) is 94.3 cm³/mol. The number of ether oxygens (including phenoxy) is 2. The van der Waals surface area contributed by atoms with E-state index in [9.17, 15) is 9.59 Å². The zero-order valence-electron chi connectivity index (χ0n) is 13.3. The second-order valence-corrected chi connectivity index (χ2v) is 5.78. The summed E-state index contributed by atoms with van der Waals surface area (Å²) < 4.78 is 11.6. The number of hydrogen-bond donors (Lipinski definition) is 1. The SMILES string of the molecule is CCOc1ccccc1OC(=O)CCNC(=O)c1ccc(Br)cc1. The highest BCUT2D eigenvalue weighted by Gasteiger charge is 2.11. The van der Waals surface area contributed by atoms with Gasteiger partial charge >= 0.3 is 5.97 Å². The van der Waals surface area contributed by atoms with Gasteiger partial charge < -0.3 is 14.8 Å². The minimum absolute atomic E-state index is 0.0722. The summed E-state index contributed by atoms with van der Waals surface area (Å²) in [5.74, 6) is 0.235. The maximum atomic E-state index is 11.9. The molecule has 0 aliphatic heterocycles. The standard InChI is InChI=1S/C18H18BrNO4/c1-2-23-15-5-3-4-6-16(15)24-17(21)11-12-20-18(22)13-7-9-14(19)10-8-13/h3-10H,2,11-12H2,1H3,(H,20,22). The Morgan fingerprint density at radius 2 is 1.71 bits per heavy atom. The van der Waals surface area contributed by atoms with Crippen molar-refractivity contribution in [2.75, 3.05) is 13.2 Å². The van der Waals surface area contributed by atoms with Crippen molar-refractivity contribution in [3.8, 4) is 11.5 Å². The number of para-hydroxylation sites is 2. The molecule has 1 N–H and O–H groups in total. The predicted octanol–water partition coefficient (Wildman–Crippen LogP) is 3.57. The van der Waals surface area contributed by atoms with Crippen molar-refractivity contribution >= 4 is 27.8 Å². The molecule has 1 amide bonds. The third-order valence-electron chi connectivity index (χ3n) is 3.09. The first-order valence-corrected chi connectivity index (χ1v) is 8.35. The van der Waals surface area contributed by atoms with E-state index in [2.05, 4.69) is 21.2 Å². The lowest BCUT2D eigenvalue weighted by Crippen LogP contribution is -2.27. The summed E-state index contributed by atoms with van der Waals surface area (Å²) in [5, 5.41) is 2.69. The fourth-order valence-corrected chi connectivity index (χ4v) is 2.23. The third-order valence-corrected chi connectivity index (χ3v) is 3.62. The van der Waals surface area contributed by atoms with Crippen molar-refractivity contribution in [1.29, 1.82) is 0 Å². The van der Waals surface area contributed by atoms with E-state index < -0.39 is 5.97 Å². The average molecular weight is 392 g/mol. The van der Waals surface area contributed by atoms with Crippen molar-refractivity contribution in [3.05, 3.63) is 58.6 Å². The second-order valence-electron chi connectivity index (χ2n) is 4.87. The molecule has 0 bridgehead atoms. The first kappa shape index (κ1) is 18.0. The van der Waals surface area contributed by atoms with E-state index in [0.29, 0.717) is 23.7 Å². The molecule has 2 aromatic carbocycles. The van der Waals surface area contributed by atoms with Crippen LogP contribution >= 0.6 is 15.9 Å². The van der Waals surface area contributed by atoms with E-state index in [4.69, 9.17) is 9.47 Å². The summed E-state index contributed by atoms with van der Waals surface area (Å²) in [5.41, 5.74) is 0.535. The topological polar surface area (TPSA) is 64.6 Å². The van der Waals surface area contributed by atoms with Crippen LogP contribution in [0.5, 0.6) is 11.5 Å². The molecule has 0 radical (unpaired) electrons. The third kappa shape index (κ3) is 5.38. The van der Waals surface area contributed by atoms with Gasteiger partial charge in [-0.15, -0.1) is 0 Å². The molecule has 0 fully saturated rings. The van der Waals surface area contributed by atoms with Gasteiger partial charge in [0.25, 0.3) is 5.91 Å². The average Bonchev–Trinajstić information content (AvgIpc) is 2.57. The number of carbonyl (C=O) groups excluding carboxylic acids is 2. The zero-order valence-corrected chi connectivity index (χ0v) is 14.8. The van der Waals surface area contributed by atoms with Crippen molar-refractivity contribution in [3.63, 3.8) is 0 Å². The molecule has 0 atom stereocenters. The summed E-state index contributed by atoms with van der Waals surface area (Å²) in [6.07, 6.45) is 0.0722. The number of esters is 1. The quantitative estimate of drug-likeness (QED) is 0.578. The first-order chi connectivity index (χ1) is 11.6. The Balaban J connectivity index is 1.81. The Labute approximate surface area is 149 Å². The molecule has 2 rings (SSSR count). The Kier molecular flexibility index (Phi) is 6.81. The van der Waals surface area contributed by atoms with Gasteiger partial charge in [-0.05, 0) is 43.3 Å². The van der Waals surface area contributed by atoms with Crippen LogP contribution in [0.4, 0.5) is 0 Å². The molecule has 2 aromatic rings. The lowest BCUT2D eigenvalue weighted by molar-refractivity contribution is -0.134. The van der Waals surface area contributed by atoms with Gasteiger partial charge in [-0.25, -0.2) is 0 Å². The van der Waals surface area contributed by atoms with E-state index in [1.807, 2.05) is 6.92 Å². The lowest BCUT2D eigenvalue weighted by Gasteiger charge is -2.10. The molecule has 0 aromatic heterocycles. The van der Waals surface area contributed by atoms with Crippen LogP contribution in [0.15, 0.2) is 53.0 Å². The van der Waals surface area contributed by atoms with Crippen LogP contribution in [0, 0.1) is 0 Å². The number of amides is 1. The smallest absolute Gasteiger partial charge is 0.313 e. The van der Waals surface area contributed by atoms with Crippen LogP contribution in [0.25, 0.3) is 0 Å². The molecule has 126 valence electrons. The number of benzene rings is 2. The molecule has 0 heterocycles. The summed E-state index contributed by atoms with van der Waals surface area (Å²) in [4.78, 5) is 23.8. The number of nitrogens with one attached hydrogen (secondary N) is 1. The van der Waals surface area contributed by atoms with Crippen molar-refractivity contribution < 1.29 is 19.1 Å². The Morgan fingerprint density at radius 3 is 2.38 bits per heavy atom. The number of hydrogen-bond acceptors (Lipinski definition) is 4. The van der Waals surface area contributed by atoms with Gasteiger partial charge in [-0.1, -0.05) is 28.1 Å². The van der Waals surface area contributed by atoms with Gasteiger partial charge in [0.1, 0.15) is 0 Å². The number of halogens is 1. The largest absolute Gasteiger partial charge is 0.490 e. The van der Waals surface area contributed by atoms with Gasteiger partial charge in [0, 0.05) is 16.6 Å². The molecule has 0 aliphatic carbocycles. The Bertz CT molecular complexity index is 700. The maximum absolute atomic E-state index is 11.9. The molecular formula is C18H18BrNO4. The highest BCUT2D eigenvalue weighted by atomic mass is 79.9. The van der Waals surface area contributed by atoms with Crippen molar-refractivity contribution in [2.24, 2.45) is 0 Å². The summed E-state index contributed by atoms with van der Waals surface area (Å²) in [7, 11) is 0. The van der Waals surface area contributed by atoms with Crippen molar-refractivity contribution in [2.45, 2.75) is 13.3 Å². The molecule has 0 saturated heterocycles. The van der Waals surface area contributed by atoms with E-state index in [0.717, 1.165) is 4.47 Å². The summed E-state index contributed by atoms with van der Waals surface area (Å²) >= 11 is 3.31. The van der Waals surface area contributed by atoms with E-state index in [-0.39, 0.29) is 18.9 Å². The monoisotopic (exact) mass is 391 g/mol. The van der Waals surface area contributed by atoms with Crippen LogP contribution in [-0.4, -0.2) is 25.0 Å². The van der Waals surface area contributed by atoms with E-state index >= 15 is 0 Å². The fourth-order valence-electron chi connectivity index (χ4n) is 1.96. The molecule has 6 heteroatoms. The Morgan fingerprint density at radius 1 is 1.04 bits per heavy atom. The fraction of sp³-hybridized carbons (Fsp3) is 0.222. The minimum Gasteiger partial charge on any atom is -0.490 e. The van der Waals surface area contributed by atoms with Crippen LogP contribution in [0.3, 0.4) is 0 Å². The molecule has 0 spiro atoms. The van der Waals surface area contributed by atoms with Crippen molar-refractivity contribution in [1.82, 2.24) is 5.32 Å². The van der Waals surface area contributed by atoms with Crippen LogP contribution in [-0.2, 0) is 4.79 Å². The highest BCUT2D eigenvalue weighted by Crippen LogP contribution is 2.26. The molecule has 24 heavy (non-hydrogen) atoms. The van der Waals surface area contributed by atoms with Crippen LogP contribution < -0.4 is 14.8 Å². The van der Waals surface area contributed by atoms with Gasteiger partial charge in [-0.2, -0.15) is 0 Å². The second kappa shape index (κ2) is 9.08. The normalized spacial score (nSPS) is 10.1.